The van der Waals surface area contributed by atoms with Gasteiger partial charge in [0.25, 0.3) is 5.91 Å². The summed E-state index contributed by atoms with van der Waals surface area (Å²) in [6.45, 7) is 0. The number of carbonyl (C=O) groups excluding carboxylic acids is 2. The second-order valence-electron chi connectivity index (χ2n) is 8.58. The van der Waals surface area contributed by atoms with Gasteiger partial charge in [0.05, 0.1) is 0 Å². The molecule has 1 aromatic carbocycles. The number of piperidine rings is 1. The lowest BCUT2D eigenvalue weighted by Crippen LogP contribution is -2.48. The lowest BCUT2D eigenvalue weighted by molar-refractivity contribution is -0.120. The van der Waals surface area contributed by atoms with Gasteiger partial charge in [-0.15, -0.1) is 12.4 Å². The lowest BCUT2D eigenvalue weighted by atomic mass is 9.88. The molecule has 28 heavy (non-hydrogen) atoms. The molecule has 2 aliphatic heterocycles. The molecule has 6 heteroatoms. The predicted molar refractivity (Wildman–Crippen MR) is 114 cm³/mol. The van der Waals surface area contributed by atoms with Gasteiger partial charge in [0.15, 0.2) is 0 Å². The van der Waals surface area contributed by atoms with E-state index in [1.54, 1.807) is 0 Å². The van der Waals surface area contributed by atoms with E-state index >= 15 is 0 Å². The molecule has 4 rings (SSSR count). The highest BCUT2D eigenvalue weighted by Gasteiger charge is 2.36. The summed E-state index contributed by atoms with van der Waals surface area (Å²) in [5.41, 5.74) is 1.39. The second-order valence-corrected chi connectivity index (χ2v) is 8.58. The summed E-state index contributed by atoms with van der Waals surface area (Å²) in [6, 6.07) is 8.85. The van der Waals surface area contributed by atoms with Gasteiger partial charge < -0.3 is 15.5 Å². The maximum Gasteiger partial charge on any atom is 0.253 e. The highest BCUT2D eigenvalue weighted by atomic mass is 35.5. The van der Waals surface area contributed by atoms with Crippen LogP contribution in [0, 0.1) is 5.92 Å². The van der Waals surface area contributed by atoms with E-state index in [4.69, 9.17) is 0 Å². The highest BCUT2D eigenvalue weighted by molar-refractivity contribution is 5.97. The van der Waals surface area contributed by atoms with E-state index < -0.39 is 0 Å². The standard InChI is InChI=1S/C22H31N3O2.ClH/c1-25(20-13-18-10-11-19(14-20)23-18)22(27)16-8-5-9-17(12-16)24-21(26)15-6-3-2-4-7-15;/h5,8-9,12,15,18-20,23H,2-4,6-7,10-11,13-14H2,1H3,(H,24,26);1H. The van der Waals surface area contributed by atoms with Gasteiger partial charge in [-0.2, -0.15) is 0 Å². The molecule has 3 aliphatic rings. The molecule has 2 heterocycles. The van der Waals surface area contributed by atoms with E-state index in [2.05, 4.69) is 10.6 Å². The fourth-order valence-corrected chi connectivity index (χ4v) is 5.05. The van der Waals surface area contributed by atoms with Crippen molar-refractivity contribution in [2.75, 3.05) is 12.4 Å². The third-order valence-electron chi connectivity index (χ3n) is 6.67. The Kier molecular flexibility index (Phi) is 7.00. The number of fused-ring (bicyclic) bond motifs is 2. The zero-order valence-corrected chi connectivity index (χ0v) is 17.5. The SMILES string of the molecule is CN(C(=O)c1cccc(NC(=O)C2CCCCC2)c1)C1CC2CCC(C1)N2.Cl. The van der Waals surface area contributed by atoms with Crippen LogP contribution in [0.5, 0.6) is 0 Å². The molecule has 5 nitrogen and oxygen atoms in total. The van der Waals surface area contributed by atoms with Crippen LogP contribution in [0.1, 0.15) is 68.1 Å². The number of rotatable bonds is 4. The van der Waals surface area contributed by atoms with E-state index in [1.807, 2.05) is 36.2 Å². The lowest BCUT2D eigenvalue weighted by Gasteiger charge is -2.35. The van der Waals surface area contributed by atoms with E-state index in [-0.39, 0.29) is 30.1 Å². The quantitative estimate of drug-likeness (QED) is 0.796. The minimum absolute atomic E-state index is 0. The van der Waals surface area contributed by atoms with E-state index in [1.165, 1.54) is 19.3 Å². The van der Waals surface area contributed by atoms with Crippen molar-refractivity contribution in [3.8, 4) is 0 Å². The Balaban J connectivity index is 0.00000225. The number of halogens is 1. The molecule has 154 valence electrons. The van der Waals surface area contributed by atoms with Crippen molar-refractivity contribution < 1.29 is 9.59 Å². The van der Waals surface area contributed by atoms with Crippen molar-refractivity contribution >= 4 is 29.9 Å². The third-order valence-corrected chi connectivity index (χ3v) is 6.67. The van der Waals surface area contributed by atoms with E-state index in [0.29, 0.717) is 23.7 Å². The molecular weight excluding hydrogens is 374 g/mol. The molecule has 2 atom stereocenters. The van der Waals surface area contributed by atoms with Gasteiger partial charge in [-0.3, -0.25) is 9.59 Å². The number of hydrogen-bond donors (Lipinski definition) is 2. The topological polar surface area (TPSA) is 61.4 Å². The largest absolute Gasteiger partial charge is 0.339 e. The summed E-state index contributed by atoms with van der Waals surface area (Å²) in [6.07, 6.45) is 10.00. The highest BCUT2D eigenvalue weighted by Crippen LogP contribution is 2.30. The summed E-state index contributed by atoms with van der Waals surface area (Å²) in [4.78, 5) is 27.4. The van der Waals surface area contributed by atoms with Crippen LogP contribution in [-0.2, 0) is 4.79 Å². The molecule has 1 saturated carbocycles. The normalized spacial score (nSPS) is 27.0. The average molecular weight is 406 g/mol. The van der Waals surface area contributed by atoms with Gasteiger partial charge >= 0.3 is 0 Å². The smallest absolute Gasteiger partial charge is 0.253 e. The number of nitrogens with zero attached hydrogens (tertiary/aromatic N) is 1. The Morgan fingerprint density at radius 3 is 2.39 bits per heavy atom. The van der Waals surface area contributed by atoms with Gasteiger partial charge in [0, 0.05) is 42.3 Å². The zero-order valence-electron chi connectivity index (χ0n) is 16.7. The van der Waals surface area contributed by atoms with Crippen molar-refractivity contribution in [3.63, 3.8) is 0 Å². The van der Waals surface area contributed by atoms with E-state index in [9.17, 15) is 9.59 Å². The van der Waals surface area contributed by atoms with Gasteiger partial charge in [-0.05, 0) is 56.7 Å². The van der Waals surface area contributed by atoms with Gasteiger partial charge in [0.2, 0.25) is 5.91 Å². The van der Waals surface area contributed by atoms with Gasteiger partial charge in [0.1, 0.15) is 0 Å². The van der Waals surface area contributed by atoms with Crippen molar-refractivity contribution in [3.05, 3.63) is 29.8 Å². The minimum Gasteiger partial charge on any atom is -0.339 e. The Hall–Kier alpha value is -1.59. The second kappa shape index (κ2) is 9.27. The Morgan fingerprint density at radius 1 is 1.04 bits per heavy atom. The van der Waals surface area contributed by atoms with Crippen LogP contribution in [0.15, 0.2) is 24.3 Å². The molecule has 0 aromatic heterocycles. The zero-order chi connectivity index (χ0) is 18.8. The molecule has 3 fully saturated rings. The van der Waals surface area contributed by atoms with Crippen molar-refractivity contribution in [1.82, 2.24) is 10.2 Å². The third kappa shape index (κ3) is 4.69. The Labute approximate surface area is 174 Å². The monoisotopic (exact) mass is 405 g/mol. The molecule has 2 amide bonds. The number of carbonyl (C=O) groups is 2. The summed E-state index contributed by atoms with van der Waals surface area (Å²) >= 11 is 0. The molecular formula is C22H32ClN3O2. The molecule has 1 aliphatic carbocycles. The summed E-state index contributed by atoms with van der Waals surface area (Å²) in [5.74, 6) is 0.267. The van der Waals surface area contributed by atoms with Crippen LogP contribution in [0.3, 0.4) is 0 Å². The summed E-state index contributed by atoms with van der Waals surface area (Å²) in [7, 11) is 1.92. The fraction of sp³-hybridized carbons (Fsp3) is 0.636. The molecule has 2 saturated heterocycles. The first-order valence-electron chi connectivity index (χ1n) is 10.5. The number of anilines is 1. The number of amides is 2. The number of benzene rings is 1. The van der Waals surface area contributed by atoms with Gasteiger partial charge in [-0.25, -0.2) is 0 Å². The van der Waals surface area contributed by atoms with Crippen LogP contribution < -0.4 is 10.6 Å². The van der Waals surface area contributed by atoms with Crippen LogP contribution >= 0.6 is 12.4 Å². The molecule has 2 bridgehead atoms. The fourth-order valence-electron chi connectivity index (χ4n) is 5.05. The maximum absolute atomic E-state index is 13.0. The molecule has 2 unspecified atom stereocenters. The van der Waals surface area contributed by atoms with Crippen molar-refractivity contribution in [1.29, 1.82) is 0 Å². The predicted octanol–water partition coefficient (Wildman–Crippen LogP) is 3.98. The summed E-state index contributed by atoms with van der Waals surface area (Å²) < 4.78 is 0. The van der Waals surface area contributed by atoms with Crippen LogP contribution in [-0.4, -0.2) is 41.9 Å². The molecule has 0 spiro atoms. The number of hydrogen-bond acceptors (Lipinski definition) is 3. The van der Waals surface area contributed by atoms with Crippen LogP contribution in [0.25, 0.3) is 0 Å². The first-order valence-corrected chi connectivity index (χ1v) is 10.5. The molecule has 0 radical (unpaired) electrons. The number of nitrogens with one attached hydrogen (secondary N) is 2. The molecule has 1 aromatic rings. The first-order chi connectivity index (χ1) is 13.1. The van der Waals surface area contributed by atoms with E-state index in [0.717, 1.165) is 44.2 Å². The van der Waals surface area contributed by atoms with Crippen LogP contribution in [0.4, 0.5) is 5.69 Å². The molecule has 2 N–H and O–H groups in total. The summed E-state index contributed by atoms with van der Waals surface area (Å²) in [5, 5.41) is 6.66. The Bertz CT molecular complexity index is 693. The van der Waals surface area contributed by atoms with Crippen LogP contribution in [0.2, 0.25) is 0 Å². The van der Waals surface area contributed by atoms with Gasteiger partial charge in [-0.1, -0.05) is 25.3 Å². The maximum atomic E-state index is 13.0. The van der Waals surface area contributed by atoms with Crippen molar-refractivity contribution in [2.45, 2.75) is 75.9 Å². The minimum atomic E-state index is 0. The first kappa shape index (κ1) is 21.1. The van der Waals surface area contributed by atoms with Crippen molar-refractivity contribution in [2.24, 2.45) is 5.92 Å². The Morgan fingerprint density at radius 2 is 1.71 bits per heavy atom. The average Bonchev–Trinajstić information content (AvgIpc) is 3.05.